The molecule has 33 heavy (non-hydrogen) atoms. The summed E-state index contributed by atoms with van der Waals surface area (Å²) in [6.07, 6.45) is -1.64. The van der Waals surface area contributed by atoms with Gasteiger partial charge in [0.15, 0.2) is 0 Å². The quantitative estimate of drug-likeness (QED) is 0.138. The zero-order valence-corrected chi connectivity index (χ0v) is 17.6. The lowest BCUT2D eigenvalue weighted by atomic mass is 10.1. The van der Waals surface area contributed by atoms with Gasteiger partial charge < -0.3 is 42.3 Å². The number of carbonyl (C=O) groups excluding carboxylic acids is 4. The van der Waals surface area contributed by atoms with E-state index in [0.29, 0.717) is 6.42 Å². The van der Waals surface area contributed by atoms with Crippen molar-refractivity contribution in [3.05, 3.63) is 0 Å². The lowest BCUT2D eigenvalue weighted by Crippen LogP contribution is -2.57. The van der Waals surface area contributed by atoms with E-state index in [1.54, 1.807) is 0 Å². The van der Waals surface area contributed by atoms with E-state index >= 15 is 0 Å². The Hall–Kier alpha value is -3.75. The van der Waals surface area contributed by atoms with Crippen molar-refractivity contribution in [3.63, 3.8) is 0 Å². The van der Waals surface area contributed by atoms with Gasteiger partial charge in [0, 0.05) is 13.0 Å². The predicted molar refractivity (Wildman–Crippen MR) is 107 cm³/mol. The number of carboxylic acid groups (broad SMARTS) is 3. The summed E-state index contributed by atoms with van der Waals surface area (Å²) in [7, 11) is 0. The van der Waals surface area contributed by atoms with Crippen LogP contribution in [0.2, 0.25) is 0 Å². The van der Waals surface area contributed by atoms with E-state index < -0.39 is 78.5 Å². The van der Waals surface area contributed by atoms with Crippen LogP contribution in [0, 0.1) is 0 Å². The molecule has 9 N–H and O–H groups in total. The first-order chi connectivity index (χ1) is 15.3. The Morgan fingerprint density at radius 2 is 1.55 bits per heavy atom. The molecule has 0 aliphatic carbocycles. The minimum Gasteiger partial charge on any atom is -0.481 e. The molecule has 4 amide bonds. The van der Waals surface area contributed by atoms with Gasteiger partial charge in [-0.1, -0.05) is 0 Å². The zero-order chi connectivity index (χ0) is 25.3. The number of primary amides is 1. The number of hydrogen-bond donors (Lipinski definition) is 7. The van der Waals surface area contributed by atoms with Crippen LogP contribution in [0.3, 0.4) is 0 Å². The first-order valence-electron chi connectivity index (χ1n) is 9.95. The van der Waals surface area contributed by atoms with Gasteiger partial charge in [-0.2, -0.15) is 0 Å². The molecule has 184 valence electrons. The molecule has 1 rings (SSSR count). The smallest absolute Gasteiger partial charge is 0.326 e. The first-order valence-corrected chi connectivity index (χ1v) is 9.95. The molecule has 0 radical (unpaired) electrons. The third kappa shape index (κ3) is 8.72. The van der Waals surface area contributed by atoms with Crippen LogP contribution in [0.4, 0.5) is 0 Å². The molecule has 0 spiro atoms. The average Bonchev–Trinajstić information content (AvgIpc) is 3.18. The van der Waals surface area contributed by atoms with E-state index in [2.05, 4.69) is 5.32 Å². The molecule has 4 unspecified atom stereocenters. The number of amides is 4. The van der Waals surface area contributed by atoms with Crippen LogP contribution < -0.4 is 22.1 Å². The number of rotatable bonds is 13. The van der Waals surface area contributed by atoms with E-state index in [4.69, 9.17) is 26.8 Å². The largest absolute Gasteiger partial charge is 0.481 e. The number of aliphatic carboxylic acids is 3. The van der Waals surface area contributed by atoms with Gasteiger partial charge in [0.1, 0.15) is 18.1 Å². The Morgan fingerprint density at radius 3 is 2.06 bits per heavy atom. The van der Waals surface area contributed by atoms with E-state index in [9.17, 15) is 33.6 Å². The topological polar surface area (TPSA) is 260 Å². The summed E-state index contributed by atoms with van der Waals surface area (Å²) in [5, 5.41) is 31.0. The number of likely N-dealkylation sites (tertiary alicyclic amines) is 1. The fourth-order valence-electron chi connectivity index (χ4n) is 3.26. The second kappa shape index (κ2) is 12.3. The molecule has 0 bridgehead atoms. The van der Waals surface area contributed by atoms with Crippen molar-refractivity contribution in [1.29, 1.82) is 0 Å². The summed E-state index contributed by atoms with van der Waals surface area (Å²) in [5.41, 5.74) is 10.7. The number of carboxylic acids is 3. The van der Waals surface area contributed by atoms with Gasteiger partial charge >= 0.3 is 17.9 Å². The Balaban J connectivity index is 2.96. The van der Waals surface area contributed by atoms with Crippen molar-refractivity contribution in [2.24, 2.45) is 11.5 Å². The number of nitrogens with one attached hydrogen (secondary N) is 2. The van der Waals surface area contributed by atoms with Crippen molar-refractivity contribution in [2.75, 3.05) is 6.54 Å². The number of nitrogens with two attached hydrogens (primary N) is 2. The second-order valence-corrected chi connectivity index (χ2v) is 7.46. The van der Waals surface area contributed by atoms with E-state index in [1.807, 2.05) is 5.32 Å². The molecule has 0 aromatic rings. The minimum absolute atomic E-state index is 0.127. The van der Waals surface area contributed by atoms with E-state index in [-0.39, 0.29) is 25.8 Å². The standard InChI is InChI=1S/C18H27N5O10/c19-8(6-13(25)26)17(31)23-5-1-2-11(23)16(30)21-9(3-4-12(20)24)15(29)22-10(18(32)33)7-14(27)28/h8-11H,1-7,19H2,(H2,20,24)(H,21,30)(H,22,29)(H,25,26)(H,27,28)(H,32,33). The van der Waals surface area contributed by atoms with Crippen molar-refractivity contribution in [1.82, 2.24) is 15.5 Å². The Morgan fingerprint density at radius 1 is 0.939 bits per heavy atom. The fraction of sp³-hybridized carbons (Fsp3) is 0.611. The molecule has 1 aliphatic heterocycles. The van der Waals surface area contributed by atoms with E-state index in [0.717, 1.165) is 4.90 Å². The van der Waals surface area contributed by atoms with Crippen LogP contribution in [-0.4, -0.2) is 92.5 Å². The van der Waals surface area contributed by atoms with Gasteiger partial charge in [0.05, 0.1) is 18.9 Å². The van der Waals surface area contributed by atoms with Crippen LogP contribution in [0.5, 0.6) is 0 Å². The third-order valence-electron chi connectivity index (χ3n) is 4.86. The van der Waals surface area contributed by atoms with Gasteiger partial charge in [0.25, 0.3) is 0 Å². The lowest BCUT2D eigenvalue weighted by molar-refractivity contribution is -0.147. The molecule has 0 saturated carbocycles. The monoisotopic (exact) mass is 473 g/mol. The Labute approximate surface area is 187 Å². The summed E-state index contributed by atoms with van der Waals surface area (Å²) >= 11 is 0. The summed E-state index contributed by atoms with van der Waals surface area (Å²) in [5.74, 6) is -7.84. The zero-order valence-electron chi connectivity index (χ0n) is 17.6. The normalized spacial score (nSPS) is 18.0. The molecule has 1 saturated heterocycles. The molecule has 15 nitrogen and oxygen atoms in total. The Kier molecular flexibility index (Phi) is 10.2. The van der Waals surface area contributed by atoms with Gasteiger partial charge in [-0.15, -0.1) is 0 Å². The van der Waals surface area contributed by atoms with Crippen LogP contribution in [0.1, 0.15) is 38.5 Å². The van der Waals surface area contributed by atoms with Gasteiger partial charge in [-0.3, -0.25) is 28.8 Å². The highest BCUT2D eigenvalue weighted by Crippen LogP contribution is 2.19. The van der Waals surface area contributed by atoms with Crippen molar-refractivity contribution >= 4 is 41.5 Å². The molecule has 4 atom stereocenters. The van der Waals surface area contributed by atoms with Gasteiger partial charge in [-0.25, -0.2) is 4.79 Å². The number of carbonyl (C=O) groups is 7. The van der Waals surface area contributed by atoms with Crippen molar-refractivity contribution in [3.8, 4) is 0 Å². The summed E-state index contributed by atoms with van der Waals surface area (Å²) in [6, 6.07) is -5.69. The number of nitrogens with zero attached hydrogens (tertiary/aromatic N) is 1. The van der Waals surface area contributed by atoms with Crippen molar-refractivity contribution < 1.29 is 48.9 Å². The predicted octanol–water partition coefficient (Wildman–Crippen LogP) is -3.43. The molecular weight excluding hydrogens is 446 g/mol. The maximum atomic E-state index is 12.8. The maximum absolute atomic E-state index is 12.8. The fourth-order valence-corrected chi connectivity index (χ4v) is 3.26. The number of hydrogen-bond acceptors (Lipinski definition) is 8. The summed E-state index contributed by atoms with van der Waals surface area (Å²) < 4.78 is 0. The molecule has 0 aromatic heterocycles. The van der Waals surface area contributed by atoms with Gasteiger partial charge in [0.2, 0.25) is 23.6 Å². The highest BCUT2D eigenvalue weighted by atomic mass is 16.4. The SMILES string of the molecule is NC(=O)CCC(NC(=O)C1CCCN1C(=O)C(N)CC(=O)O)C(=O)NC(CC(=O)O)C(=O)O. The third-order valence-corrected chi connectivity index (χ3v) is 4.86. The van der Waals surface area contributed by atoms with Crippen LogP contribution in [0.25, 0.3) is 0 Å². The second-order valence-electron chi connectivity index (χ2n) is 7.46. The molecule has 1 heterocycles. The van der Waals surface area contributed by atoms with Crippen LogP contribution >= 0.6 is 0 Å². The maximum Gasteiger partial charge on any atom is 0.326 e. The highest BCUT2D eigenvalue weighted by molar-refractivity contribution is 5.95. The Bertz CT molecular complexity index is 816. The molecular formula is C18H27N5O10. The molecule has 15 heteroatoms. The summed E-state index contributed by atoms with van der Waals surface area (Å²) in [6.45, 7) is 0.127. The first kappa shape index (κ1) is 27.3. The average molecular weight is 473 g/mol. The van der Waals surface area contributed by atoms with Crippen LogP contribution in [-0.2, 0) is 33.6 Å². The van der Waals surface area contributed by atoms with E-state index in [1.165, 1.54) is 0 Å². The highest BCUT2D eigenvalue weighted by Gasteiger charge is 2.38. The molecule has 1 fully saturated rings. The van der Waals surface area contributed by atoms with Crippen molar-refractivity contribution in [2.45, 2.75) is 62.7 Å². The summed E-state index contributed by atoms with van der Waals surface area (Å²) in [4.78, 5) is 82.9. The van der Waals surface area contributed by atoms with Gasteiger partial charge in [-0.05, 0) is 19.3 Å². The molecule has 1 aliphatic rings. The minimum atomic E-state index is -1.79. The lowest BCUT2D eigenvalue weighted by Gasteiger charge is -2.28. The van der Waals surface area contributed by atoms with Crippen LogP contribution in [0.15, 0.2) is 0 Å². The molecule has 0 aromatic carbocycles.